The lowest BCUT2D eigenvalue weighted by Crippen LogP contribution is -2.34. The van der Waals surface area contributed by atoms with Crippen molar-refractivity contribution in [3.8, 4) is 0 Å². The van der Waals surface area contributed by atoms with Gasteiger partial charge in [-0.15, -0.1) is 0 Å². The second-order valence-corrected chi connectivity index (χ2v) is 5.37. The Bertz CT molecular complexity index is 557. The molecule has 2 aromatic rings. The van der Waals surface area contributed by atoms with Crippen LogP contribution in [0, 0.1) is 0 Å². The number of aromatic nitrogens is 2. The van der Waals surface area contributed by atoms with Gasteiger partial charge in [-0.2, -0.15) is 9.17 Å². The molecule has 0 aliphatic carbocycles. The zero-order chi connectivity index (χ0) is 12.4. The van der Waals surface area contributed by atoms with Crippen LogP contribution in [0.5, 0.6) is 0 Å². The number of thiazole rings is 1. The van der Waals surface area contributed by atoms with Crippen molar-refractivity contribution in [1.82, 2.24) is 14.9 Å². The SMILES string of the molecule is CN(C)C(O[s+]1cnc2cccnc21)=[N+](C)C. The van der Waals surface area contributed by atoms with Gasteiger partial charge in [0.15, 0.2) is 5.52 Å². The number of amidine groups is 1. The third-order valence-electron chi connectivity index (χ3n) is 2.16. The first-order chi connectivity index (χ1) is 8.09. The molecule has 0 amide bonds. The molecule has 17 heavy (non-hydrogen) atoms. The summed E-state index contributed by atoms with van der Waals surface area (Å²) in [6, 6.07) is 4.62. The molecule has 0 saturated heterocycles. The van der Waals surface area contributed by atoms with Crippen molar-refractivity contribution in [1.29, 1.82) is 0 Å². The van der Waals surface area contributed by atoms with Gasteiger partial charge in [-0.3, -0.25) is 0 Å². The van der Waals surface area contributed by atoms with Gasteiger partial charge in [-0.1, -0.05) is 0 Å². The number of pyridine rings is 1. The normalized spacial score (nSPS) is 11.4. The van der Waals surface area contributed by atoms with Crippen LogP contribution >= 0.6 is 10.8 Å². The Balaban J connectivity index is 2.39. The van der Waals surface area contributed by atoms with Crippen LogP contribution in [0.1, 0.15) is 0 Å². The maximum absolute atomic E-state index is 5.95. The molecule has 1 atom stereocenters. The lowest BCUT2D eigenvalue weighted by molar-refractivity contribution is -0.476. The lowest BCUT2D eigenvalue weighted by Gasteiger charge is -2.04. The van der Waals surface area contributed by atoms with Crippen molar-refractivity contribution in [2.45, 2.75) is 0 Å². The highest BCUT2D eigenvalue weighted by Gasteiger charge is 2.26. The molecule has 1 unspecified atom stereocenters. The summed E-state index contributed by atoms with van der Waals surface area (Å²) in [5, 5.41) is 0. The van der Waals surface area contributed by atoms with Crippen molar-refractivity contribution in [2.24, 2.45) is 0 Å². The number of fused-ring (bicyclic) bond motifs is 1. The standard InChI is InChI=1S/C11H16N4OS/c1-14(2)11(15(3)4)16-17-8-13-9-6-5-7-12-10(9)17/h5-8H,1-4H3/q+2. The van der Waals surface area contributed by atoms with E-state index in [4.69, 9.17) is 4.18 Å². The van der Waals surface area contributed by atoms with Gasteiger partial charge in [-0.05, 0) is 12.1 Å². The summed E-state index contributed by atoms with van der Waals surface area (Å²) in [5.74, 6) is 0. The molecule has 0 spiro atoms. The fraction of sp³-hybridized carbons (Fsp3) is 0.364. The predicted octanol–water partition coefficient (Wildman–Crippen LogP) is 0.997. The molecule has 90 valence electrons. The Morgan fingerprint density at radius 2 is 2.12 bits per heavy atom. The zero-order valence-corrected chi connectivity index (χ0v) is 11.2. The summed E-state index contributed by atoms with van der Waals surface area (Å²) in [6.07, 6.45) is 1.77. The largest absolute Gasteiger partial charge is 0.498 e. The summed E-state index contributed by atoms with van der Waals surface area (Å²) < 4.78 is 7.88. The van der Waals surface area contributed by atoms with E-state index in [0.717, 1.165) is 16.4 Å². The van der Waals surface area contributed by atoms with Crippen LogP contribution < -0.4 is 4.18 Å². The maximum atomic E-state index is 5.95. The predicted molar refractivity (Wildman–Crippen MR) is 69.4 cm³/mol. The second-order valence-electron chi connectivity index (χ2n) is 4.01. The van der Waals surface area contributed by atoms with E-state index >= 15 is 0 Å². The molecule has 2 rings (SSSR count). The molecule has 6 heteroatoms. The molecule has 0 aliphatic rings. The van der Waals surface area contributed by atoms with Crippen molar-refractivity contribution in [2.75, 3.05) is 28.2 Å². The number of rotatable bonds is 1. The average Bonchev–Trinajstić information content (AvgIpc) is 2.68. The number of nitrogens with zero attached hydrogens (tertiary/aromatic N) is 4. The van der Waals surface area contributed by atoms with Gasteiger partial charge in [0, 0.05) is 6.20 Å². The van der Waals surface area contributed by atoms with Gasteiger partial charge < -0.3 is 0 Å². The van der Waals surface area contributed by atoms with E-state index in [9.17, 15) is 0 Å². The summed E-state index contributed by atoms with van der Waals surface area (Å²) in [5.41, 5.74) is 2.71. The van der Waals surface area contributed by atoms with E-state index in [0.29, 0.717) is 0 Å². The Kier molecular flexibility index (Phi) is 3.23. The fourth-order valence-corrected chi connectivity index (χ4v) is 2.86. The van der Waals surface area contributed by atoms with Gasteiger partial charge >= 0.3 is 10.9 Å². The Hall–Kier alpha value is -1.69. The average molecular weight is 252 g/mol. The molecule has 5 nitrogen and oxygen atoms in total. The second kappa shape index (κ2) is 4.67. The molecule has 2 heterocycles. The molecular weight excluding hydrogens is 236 g/mol. The van der Waals surface area contributed by atoms with E-state index in [1.165, 1.54) is 0 Å². The van der Waals surface area contributed by atoms with Crippen molar-refractivity contribution < 1.29 is 8.76 Å². The van der Waals surface area contributed by atoms with Gasteiger partial charge in [0.25, 0.3) is 16.3 Å². The van der Waals surface area contributed by atoms with E-state index in [1.54, 1.807) is 6.20 Å². The first-order valence-corrected chi connectivity index (χ1v) is 6.43. The molecule has 0 fully saturated rings. The monoisotopic (exact) mass is 252 g/mol. The molecule has 0 radical (unpaired) electrons. The van der Waals surface area contributed by atoms with Crippen LogP contribution in [0.3, 0.4) is 0 Å². The smallest absolute Gasteiger partial charge is 0.230 e. The molecule has 2 aromatic heterocycles. The van der Waals surface area contributed by atoms with Crippen LogP contribution in [-0.4, -0.2) is 53.7 Å². The Morgan fingerprint density at radius 1 is 1.35 bits per heavy atom. The Labute approximate surface area is 103 Å². The third-order valence-corrected chi connectivity index (χ3v) is 3.48. The summed E-state index contributed by atoms with van der Waals surface area (Å²) >= 11 is 0. The van der Waals surface area contributed by atoms with Crippen molar-refractivity contribution in [3.63, 3.8) is 0 Å². The van der Waals surface area contributed by atoms with Gasteiger partial charge in [0.05, 0.1) is 28.2 Å². The number of hydrogen-bond acceptors (Lipinski definition) is 3. The summed E-state index contributed by atoms with van der Waals surface area (Å²) in [6.45, 7) is 0. The van der Waals surface area contributed by atoms with Crippen LogP contribution in [-0.2, 0) is 0 Å². The molecule has 0 aromatic carbocycles. The first kappa shape index (κ1) is 11.8. The fourth-order valence-electron chi connectivity index (χ4n) is 1.48. The van der Waals surface area contributed by atoms with Gasteiger partial charge in [-0.25, -0.2) is 14.5 Å². The van der Waals surface area contributed by atoms with E-state index in [2.05, 4.69) is 9.97 Å². The third kappa shape index (κ3) is 2.36. The van der Waals surface area contributed by atoms with Crippen molar-refractivity contribution in [3.05, 3.63) is 23.8 Å². The van der Waals surface area contributed by atoms with Crippen LogP contribution in [0.15, 0.2) is 23.8 Å². The molecule has 0 bridgehead atoms. The van der Waals surface area contributed by atoms with Crippen molar-refractivity contribution >= 4 is 27.1 Å². The van der Waals surface area contributed by atoms with Crippen LogP contribution in [0.4, 0.5) is 0 Å². The molecule has 0 aliphatic heterocycles. The highest BCUT2D eigenvalue weighted by Crippen LogP contribution is 2.25. The lowest BCUT2D eigenvalue weighted by atomic mass is 10.5. The minimum atomic E-state index is -0.497. The highest BCUT2D eigenvalue weighted by atomic mass is 32.2. The molecule has 0 N–H and O–H groups in total. The summed E-state index contributed by atoms with van der Waals surface area (Å²) in [4.78, 5) is 11.5. The zero-order valence-electron chi connectivity index (χ0n) is 10.4. The topological polar surface area (TPSA) is 41.3 Å². The highest BCUT2D eigenvalue weighted by molar-refractivity contribution is 7.31. The quantitative estimate of drug-likeness (QED) is 0.328. The van der Waals surface area contributed by atoms with Gasteiger partial charge in [0.1, 0.15) is 0 Å². The molecule has 0 saturated carbocycles. The number of hydrogen-bond donors (Lipinski definition) is 0. The van der Waals surface area contributed by atoms with Gasteiger partial charge in [0.2, 0.25) is 0 Å². The minimum absolute atomic E-state index is 0.497. The van der Waals surface area contributed by atoms with E-state index in [-0.39, 0.29) is 0 Å². The Morgan fingerprint density at radius 3 is 2.76 bits per heavy atom. The summed E-state index contributed by atoms with van der Waals surface area (Å²) in [7, 11) is 7.30. The minimum Gasteiger partial charge on any atom is -0.230 e. The molecular formula is C11H16N4OS+2. The van der Waals surface area contributed by atoms with E-state index < -0.39 is 10.8 Å². The van der Waals surface area contributed by atoms with Crippen LogP contribution in [0.25, 0.3) is 10.3 Å². The van der Waals surface area contributed by atoms with Crippen LogP contribution in [0.2, 0.25) is 0 Å². The maximum Gasteiger partial charge on any atom is 0.498 e. The van der Waals surface area contributed by atoms with E-state index in [1.807, 2.05) is 55.3 Å². The first-order valence-electron chi connectivity index (χ1n) is 5.22.